The van der Waals surface area contributed by atoms with Crippen LogP contribution in [0.15, 0.2) is 18.2 Å². The van der Waals surface area contributed by atoms with Crippen LogP contribution in [0.5, 0.6) is 0 Å². The zero-order valence-electron chi connectivity index (χ0n) is 8.63. The first-order valence-electron chi connectivity index (χ1n) is 5.20. The summed E-state index contributed by atoms with van der Waals surface area (Å²) in [7, 11) is 0. The molecule has 1 saturated carbocycles. The van der Waals surface area contributed by atoms with E-state index in [1.807, 2.05) is 18.2 Å². The highest BCUT2D eigenvalue weighted by Gasteiger charge is 2.53. The number of aliphatic hydroxyl groups is 1. The van der Waals surface area contributed by atoms with Gasteiger partial charge in [-0.05, 0) is 36.5 Å². The third-order valence-corrected chi connectivity index (χ3v) is 4.32. The van der Waals surface area contributed by atoms with Crippen LogP contribution in [0.3, 0.4) is 0 Å². The molecule has 0 bridgehead atoms. The molecule has 1 N–H and O–H groups in total. The highest BCUT2D eigenvalue weighted by Crippen LogP contribution is 2.56. The zero-order valence-corrected chi connectivity index (χ0v) is 10.1. The molecule has 0 saturated heterocycles. The number of halogens is 2. The Morgan fingerprint density at radius 3 is 2.60 bits per heavy atom. The van der Waals surface area contributed by atoms with Crippen molar-refractivity contribution in [3.8, 4) is 0 Å². The predicted molar refractivity (Wildman–Crippen MR) is 63.6 cm³/mol. The average Bonchev–Trinajstić information content (AvgIpc) is 2.97. The van der Waals surface area contributed by atoms with Crippen LogP contribution >= 0.6 is 23.2 Å². The van der Waals surface area contributed by atoms with Gasteiger partial charge in [0.2, 0.25) is 0 Å². The van der Waals surface area contributed by atoms with Crippen molar-refractivity contribution < 1.29 is 5.11 Å². The highest BCUT2D eigenvalue weighted by atomic mass is 35.5. The molecule has 2 atom stereocenters. The lowest BCUT2D eigenvalue weighted by Crippen LogP contribution is -2.10. The fourth-order valence-electron chi connectivity index (χ4n) is 2.42. The molecule has 15 heavy (non-hydrogen) atoms. The number of aliphatic hydroxyl groups excluding tert-OH is 1. The second-order valence-electron chi connectivity index (χ2n) is 4.22. The van der Waals surface area contributed by atoms with Crippen molar-refractivity contribution in [3.05, 3.63) is 33.8 Å². The van der Waals surface area contributed by atoms with Crippen LogP contribution in [0.4, 0.5) is 0 Å². The van der Waals surface area contributed by atoms with Gasteiger partial charge in [0.25, 0.3) is 0 Å². The Morgan fingerprint density at radius 1 is 1.40 bits per heavy atom. The molecule has 0 aromatic heterocycles. The van der Waals surface area contributed by atoms with E-state index in [-0.39, 0.29) is 12.0 Å². The molecule has 3 heteroatoms. The topological polar surface area (TPSA) is 20.2 Å². The summed E-state index contributed by atoms with van der Waals surface area (Å²) in [5, 5.41) is 10.4. The van der Waals surface area contributed by atoms with Crippen molar-refractivity contribution in [2.75, 3.05) is 6.61 Å². The van der Waals surface area contributed by atoms with E-state index in [9.17, 15) is 5.11 Å². The molecular formula is C12H14Cl2O. The molecule has 1 aliphatic rings. The number of hydrogen-bond acceptors (Lipinski definition) is 1. The maximum atomic E-state index is 9.20. The summed E-state index contributed by atoms with van der Waals surface area (Å²) in [4.78, 5) is 0. The summed E-state index contributed by atoms with van der Waals surface area (Å²) in [6.45, 7) is 2.41. The summed E-state index contributed by atoms with van der Waals surface area (Å²) >= 11 is 11.9. The van der Waals surface area contributed by atoms with E-state index in [2.05, 4.69) is 6.92 Å². The number of rotatable bonds is 3. The molecule has 0 spiro atoms. The minimum Gasteiger partial charge on any atom is -0.396 e. The van der Waals surface area contributed by atoms with Gasteiger partial charge in [0.05, 0.1) is 10.0 Å². The Bertz CT molecular complexity index is 378. The SMILES string of the molecule is CC[C@]1(c2ccc(Cl)c(Cl)c2)C[C@@H]1CO. The maximum Gasteiger partial charge on any atom is 0.0595 e. The second kappa shape index (κ2) is 3.97. The summed E-state index contributed by atoms with van der Waals surface area (Å²) < 4.78 is 0. The summed E-state index contributed by atoms with van der Waals surface area (Å²) in [6, 6.07) is 5.79. The van der Waals surface area contributed by atoms with Gasteiger partial charge in [0.1, 0.15) is 0 Å². The van der Waals surface area contributed by atoms with Crippen LogP contribution in [0.1, 0.15) is 25.3 Å². The Kier molecular flexibility index (Phi) is 2.98. The molecule has 1 aliphatic carbocycles. The van der Waals surface area contributed by atoms with E-state index in [0.29, 0.717) is 16.0 Å². The van der Waals surface area contributed by atoms with Crippen molar-refractivity contribution in [1.29, 1.82) is 0 Å². The van der Waals surface area contributed by atoms with Gasteiger partial charge in [-0.2, -0.15) is 0 Å². The molecule has 0 heterocycles. The molecular weight excluding hydrogens is 231 g/mol. The fourth-order valence-corrected chi connectivity index (χ4v) is 2.71. The van der Waals surface area contributed by atoms with Crippen molar-refractivity contribution in [3.63, 3.8) is 0 Å². The number of hydrogen-bond donors (Lipinski definition) is 1. The molecule has 1 nitrogen and oxygen atoms in total. The van der Waals surface area contributed by atoms with E-state index < -0.39 is 0 Å². The van der Waals surface area contributed by atoms with Crippen molar-refractivity contribution in [2.24, 2.45) is 5.92 Å². The van der Waals surface area contributed by atoms with E-state index in [0.717, 1.165) is 12.8 Å². The molecule has 0 radical (unpaired) electrons. The minimum atomic E-state index is 0.142. The molecule has 1 aromatic carbocycles. The smallest absolute Gasteiger partial charge is 0.0595 e. The van der Waals surface area contributed by atoms with Crippen LogP contribution in [0, 0.1) is 5.92 Å². The Balaban J connectivity index is 2.33. The zero-order chi connectivity index (χ0) is 11.1. The van der Waals surface area contributed by atoms with Crippen molar-refractivity contribution >= 4 is 23.2 Å². The third kappa shape index (κ3) is 1.77. The first kappa shape index (κ1) is 11.3. The van der Waals surface area contributed by atoms with Crippen molar-refractivity contribution in [1.82, 2.24) is 0 Å². The highest BCUT2D eigenvalue weighted by molar-refractivity contribution is 6.42. The van der Waals surface area contributed by atoms with Gasteiger partial charge >= 0.3 is 0 Å². The molecule has 82 valence electrons. The van der Waals surface area contributed by atoms with Crippen molar-refractivity contribution in [2.45, 2.75) is 25.2 Å². The molecule has 0 amide bonds. The largest absolute Gasteiger partial charge is 0.396 e. The van der Waals surface area contributed by atoms with Crippen LogP contribution in [-0.2, 0) is 5.41 Å². The lowest BCUT2D eigenvalue weighted by Gasteiger charge is -2.15. The quantitative estimate of drug-likeness (QED) is 0.861. The fraction of sp³-hybridized carbons (Fsp3) is 0.500. The van der Waals surface area contributed by atoms with Crippen LogP contribution < -0.4 is 0 Å². The van der Waals surface area contributed by atoms with Gasteiger partial charge in [-0.25, -0.2) is 0 Å². The van der Waals surface area contributed by atoms with Gasteiger partial charge in [-0.1, -0.05) is 36.2 Å². The average molecular weight is 245 g/mol. The monoisotopic (exact) mass is 244 g/mol. The Labute approximate surface area is 100 Å². The first-order valence-corrected chi connectivity index (χ1v) is 5.96. The molecule has 2 rings (SSSR count). The normalized spacial score (nSPS) is 29.2. The maximum absolute atomic E-state index is 9.20. The number of benzene rings is 1. The third-order valence-electron chi connectivity index (χ3n) is 3.58. The molecule has 1 fully saturated rings. The Morgan fingerprint density at radius 2 is 2.13 bits per heavy atom. The molecule has 0 aliphatic heterocycles. The lowest BCUT2D eigenvalue weighted by molar-refractivity contribution is 0.262. The van der Waals surface area contributed by atoms with E-state index >= 15 is 0 Å². The summed E-state index contributed by atoms with van der Waals surface area (Å²) in [6.07, 6.45) is 2.09. The van der Waals surface area contributed by atoms with E-state index in [1.54, 1.807) is 0 Å². The Hall–Kier alpha value is -0.240. The van der Waals surface area contributed by atoms with Gasteiger partial charge in [-0.3, -0.25) is 0 Å². The molecule has 1 aromatic rings. The summed E-state index contributed by atoms with van der Waals surface area (Å²) in [5.41, 5.74) is 1.35. The van der Waals surface area contributed by atoms with E-state index in [4.69, 9.17) is 23.2 Å². The second-order valence-corrected chi connectivity index (χ2v) is 5.04. The van der Waals surface area contributed by atoms with Gasteiger partial charge in [0, 0.05) is 12.0 Å². The predicted octanol–water partition coefficient (Wildman–Crippen LogP) is 3.65. The van der Waals surface area contributed by atoms with Gasteiger partial charge in [-0.15, -0.1) is 0 Å². The molecule has 0 unspecified atom stereocenters. The minimum absolute atomic E-state index is 0.142. The van der Waals surface area contributed by atoms with Gasteiger partial charge < -0.3 is 5.11 Å². The van der Waals surface area contributed by atoms with Crippen LogP contribution in [0.2, 0.25) is 10.0 Å². The first-order chi connectivity index (χ1) is 7.14. The van der Waals surface area contributed by atoms with Crippen LogP contribution in [0.25, 0.3) is 0 Å². The van der Waals surface area contributed by atoms with E-state index in [1.165, 1.54) is 5.56 Å². The van der Waals surface area contributed by atoms with Crippen LogP contribution in [-0.4, -0.2) is 11.7 Å². The lowest BCUT2D eigenvalue weighted by atomic mass is 9.91. The standard InChI is InChI=1S/C12H14Cl2O/c1-2-12(6-9(12)7-15)8-3-4-10(13)11(14)5-8/h3-5,9,15H,2,6-7H2,1H3/t9-,12-/m1/s1. The van der Waals surface area contributed by atoms with Gasteiger partial charge in [0.15, 0.2) is 0 Å². The summed E-state index contributed by atoms with van der Waals surface area (Å²) in [5.74, 6) is 0.389.